The minimum atomic E-state index is -0.681. The number of halogens is 1. The quantitative estimate of drug-likeness (QED) is 0.848. The van der Waals surface area contributed by atoms with Gasteiger partial charge >= 0.3 is 0 Å². The molecule has 1 aromatic carbocycles. The Bertz CT molecular complexity index is 531. The van der Waals surface area contributed by atoms with Crippen LogP contribution in [0.5, 0.6) is 0 Å². The Morgan fingerprint density at radius 2 is 2.00 bits per heavy atom. The van der Waals surface area contributed by atoms with E-state index in [0.29, 0.717) is 17.4 Å². The van der Waals surface area contributed by atoms with Crippen LogP contribution in [0.15, 0.2) is 40.1 Å². The SMILES string of the molecule is CC(C)(O)CCSc1ncc(-c2ccc(F)cc2)o1. The number of oxazole rings is 1. The summed E-state index contributed by atoms with van der Waals surface area (Å²) in [5.41, 5.74) is 0.113. The van der Waals surface area contributed by atoms with Gasteiger partial charge in [0.25, 0.3) is 5.22 Å². The van der Waals surface area contributed by atoms with Crippen LogP contribution in [0.2, 0.25) is 0 Å². The van der Waals surface area contributed by atoms with Gasteiger partial charge in [0.05, 0.1) is 11.8 Å². The molecular weight excluding hydrogens is 265 g/mol. The molecule has 0 aliphatic rings. The van der Waals surface area contributed by atoms with E-state index in [4.69, 9.17) is 4.42 Å². The van der Waals surface area contributed by atoms with Gasteiger partial charge in [-0.15, -0.1) is 0 Å². The molecule has 0 atom stereocenters. The molecule has 0 saturated heterocycles. The number of hydrogen-bond acceptors (Lipinski definition) is 4. The Balaban J connectivity index is 1.97. The van der Waals surface area contributed by atoms with E-state index in [-0.39, 0.29) is 5.82 Å². The van der Waals surface area contributed by atoms with Gasteiger partial charge in [-0.2, -0.15) is 0 Å². The van der Waals surface area contributed by atoms with Crippen molar-refractivity contribution in [3.05, 3.63) is 36.3 Å². The second-order valence-electron chi connectivity index (χ2n) is 4.91. The molecule has 0 fully saturated rings. The van der Waals surface area contributed by atoms with Crippen molar-refractivity contribution in [2.75, 3.05) is 5.75 Å². The summed E-state index contributed by atoms with van der Waals surface area (Å²) >= 11 is 1.45. The lowest BCUT2D eigenvalue weighted by atomic mass is 10.1. The summed E-state index contributed by atoms with van der Waals surface area (Å²) < 4.78 is 18.4. The zero-order valence-corrected chi connectivity index (χ0v) is 11.7. The molecular formula is C14H16FNO2S. The Labute approximate surface area is 115 Å². The smallest absolute Gasteiger partial charge is 0.256 e. The van der Waals surface area contributed by atoms with Gasteiger partial charge in [-0.25, -0.2) is 9.37 Å². The van der Waals surface area contributed by atoms with Gasteiger partial charge in [-0.05, 0) is 44.5 Å². The highest BCUT2D eigenvalue weighted by Crippen LogP contribution is 2.26. The minimum absolute atomic E-state index is 0.275. The van der Waals surface area contributed by atoms with Crippen LogP contribution in [0.25, 0.3) is 11.3 Å². The lowest BCUT2D eigenvalue weighted by Crippen LogP contribution is -2.18. The molecule has 19 heavy (non-hydrogen) atoms. The summed E-state index contributed by atoms with van der Waals surface area (Å²) in [4.78, 5) is 4.16. The van der Waals surface area contributed by atoms with Crippen LogP contribution in [0.4, 0.5) is 4.39 Å². The molecule has 0 radical (unpaired) electrons. The molecule has 2 rings (SSSR count). The molecule has 0 amide bonds. The van der Waals surface area contributed by atoms with E-state index in [0.717, 1.165) is 11.3 Å². The molecule has 3 nitrogen and oxygen atoms in total. The van der Waals surface area contributed by atoms with Crippen LogP contribution in [0.1, 0.15) is 20.3 Å². The topological polar surface area (TPSA) is 46.3 Å². The summed E-state index contributed by atoms with van der Waals surface area (Å²) in [5, 5.41) is 10.2. The number of rotatable bonds is 5. The van der Waals surface area contributed by atoms with Crippen molar-refractivity contribution < 1.29 is 13.9 Å². The third kappa shape index (κ3) is 4.36. The van der Waals surface area contributed by atoms with Crippen molar-refractivity contribution in [1.29, 1.82) is 0 Å². The maximum atomic E-state index is 12.8. The molecule has 0 aliphatic carbocycles. The number of aromatic nitrogens is 1. The highest BCUT2D eigenvalue weighted by molar-refractivity contribution is 7.99. The van der Waals surface area contributed by atoms with E-state index in [9.17, 15) is 9.50 Å². The normalized spacial score (nSPS) is 11.8. The Morgan fingerprint density at radius 1 is 1.32 bits per heavy atom. The van der Waals surface area contributed by atoms with E-state index in [1.807, 2.05) is 0 Å². The van der Waals surface area contributed by atoms with Gasteiger partial charge in [0.2, 0.25) is 0 Å². The average Bonchev–Trinajstić information content (AvgIpc) is 2.77. The summed E-state index contributed by atoms with van der Waals surface area (Å²) in [6.07, 6.45) is 2.28. The van der Waals surface area contributed by atoms with Crippen molar-refractivity contribution in [2.45, 2.75) is 31.1 Å². The highest BCUT2D eigenvalue weighted by Gasteiger charge is 2.13. The van der Waals surface area contributed by atoms with E-state index >= 15 is 0 Å². The molecule has 0 aliphatic heterocycles. The first-order chi connectivity index (χ1) is 8.94. The zero-order valence-electron chi connectivity index (χ0n) is 10.9. The first-order valence-electron chi connectivity index (χ1n) is 6.01. The standard InChI is InChI=1S/C14H16FNO2S/c1-14(2,17)7-8-19-13-16-9-12(18-13)10-3-5-11(15)6-4-10/h3-6,9,17H,7-8H2,1-2H3. The summed E-state index contributed by atoms with van der Waals surface area (Å²) in [7, 11) is 0. The Morgan fingerprint density at radius 3 is 2.63 bits per heavy atom. The van der Waals surface area contributed by atoms with Crippen LogP contribution < -0.4 is 0 Å². The second-order valence-corrected chi connectivity index (χ2v) is 5.95. The van der Waals surface area contributed by atoms with E-state index in [1.54, 1.807) is 32.2 Å². The van der Waals surface area contributed by atoms with Gasteiger partial charge in [0, 0.05) is 11.3 Å². The van der Waals surface area contributed by atoms with Crippen molar-refractivity contribution >= 4 is 11.8 Å². The van der Waals surface area contributed by atoms with Gasteiger partial charge in [0.15, 0.2) is 5.76 Å². The maximum absolute atomic E-state index is 12.8. The van der Waals surface area contributed by atoms with Crippen molar-refractivity contribution in [3.8, 4) is 11.3 Å². The van der Waals surface area contributed by atoms with Crippen molar-refractivity contribution in [3.63, 3.8) is 0 Å². The predicted octanol–water partition coefficient (Wildman–Crippen LogP) is 3.73. The molecule has 0 saturated carbocycles. The molecule has 0 spiro atoms. The first-order valence-corrected chi connectivity index (χ1v) is 6.99. The first kappa shape index (κ1) is 14.1. The van der Waals surface area contributed by atoms with Crippen molar-refractivity contribution in [2.24, 2.45) is 0 Å². The maximum Gasteiger partial charge on any atom is 0.256 e. The monoisotopic (exact) mass is 281 g/mol. The van der Waals surface area contributed by atoms with E-state index in [1.165, 1.54) is 23.9 Å². The molecule has 2 aromatic rings. The fraction of sp³-hybridized carbons (Fsp3) is 0.357. The molecule has 1 aromatic heterocycles. The number of benzene rings is 1. The average molecular weight is 281 g/mol. The molecule has 1 heterocycles. The largest absolute Gasteiger partial charge is 0.431 e. The molecule has 0 bridgehead atoms. The third-order valence-electron chi connectivity index (χ3n) is 2.55. The molecule has 1 N–H and O–H groups in total. The number of hydrogen-bond donors (Lipinski definition) is 1. The molecule has 5 heteroatoms. The Kier molecular flexibility index (Phi) is 4.27. The third-order valence-corrected chi connectivity index (χ3v) is 3.40. The zero-order chi connectivity index (χ0) is 13.9. The van der Waals surface area contributed by atoms with Gasteiger partial charge in [0.1, 0.15) is 5.82 Å². The van der Waals surface area contributed by atoms with Crippen LogP contribution in [0, 0.1) is 5.82 Å². The minimum Gasteiger partial charge on any atom is -0.431 e. The van der Waals surface area contributed by atoms with Crippen LogP contribution in [0.3, 0.4) is 0 Å². The van der Waals surface area contributed by atoms with Crippen molar-refractivity contribution in [1.82, 2.24) is 4.98 Å². The van der Waals surface area contributed by atoms with Gasteiger partial charge in [-0.3, -0.25) is 0 Å². The lowest BCUT2D eigenvalue weighted by molar-refractivity contribution is 0.0777. The lowest BCUT2D eigenvalue weighted by Gasteiger charge is -2.15. The molecule has 0 unspecified atom stereocenters. The van der Waals surface area contributed by atoms with E-state index in [2.05, 4.69) is 4.98 Å². The van der Waals surface area contributed by atoms with Crippen LogP contribution >= 0.6 is 11.8 Å². The van der Waals surface area contributed by atoms with Crippen LogP contribution in [-0.4, -0.2) is 21.4 Å². The highest BCUT2D eigenvalue weighted by atomic mass is 32.2. The number of aliphatic hydroxyl groups is 1. The number of thioether (sulfide) groups is 1. The molecule has 102 valence electrons. The summed E-state index contributed by atoms with van der Waals surface area (Å²) in [6.45, 7) is 3.54. The van der Waals surface area contributed by atoms with Gasteiger partial charge < -0.3 is 9.52 Å². The fourth-order valence-electron chi connectivity index (χ4n) is 1.46. The summed E-state index contributed by atoms with van der Waals surface area (Å²) in [5.74, 6) is 1.07. The predicted molar refractivity (Wildman–Crippen MR) is 73.5 cm³/mol. The van der Waals surface area contributed by atoms with Gasteiger partial charge in [-0.1, -0.05) is 11.8 Å². The fourth-order valence-corrected chi connectivity index (χ4v) is 2.51. The van der Waals surface area contributed by atoms with E-state index < -0.39 is 5.60 Å². The summed E-state index contributed by atoms with van der Waals surface area (Å²) in [6, 6.07) is 6.08. The van der Waals surface area contributed by atoms with Crippen LogP contribution in [-0.2, 0) is 0 Å². The second kappa shape index (κ2) is 5.75. The Hall–Kier alpha value is -1.33. The number of nitrogens with zero attached hydrogens (tertiary/aromatic N) is 1.